The third kappa shape index (κ3) is 1.21. The number of rotatable bonds is 0. The molecule has 3 heteroatoms. The van der Waals surface area contributed by atoms with Crippen molar-refractivity contribution in [2.45, 2.75) is 13.8 Å². The number of aryl methyl sites for hydroxylation is 2. The molecule has 0 aliphatic rings. The molecule has 0 aromatic carbocycles. The summed E-state index contributed by atoms with van der Waals surface area (Å²) in [7, 11) is 0. The van der Waals surface area contributed by atoms with Crippen LogP contribution in [0.25, 0.3) is 0 Å². The Labute approximate surface area is 65.0 Å². The highest BCUT2D eigenvalue weighted by atomic mass is 35.5. The number of hydrogen-bond donors (Lipinski definition) is 1. The van der Waals surface area contributed by atoms with Gasteiger partial charge in [0.2, 0.25) is 0 Å². The zero-order valence-corrected chi connectivity index (χ0v) is 6.74. The number of aromatic nitrogens is 1. The lowest BCUT2D eigenvalue weighted by Crippen LogP contribution is -1.94. The first-order chi connectivity index (χ1) is 4.61. The second kappa shape index (κ2) is 2.46. The van der Waals surface area contributed by atoms with Crippen LogP contribution < -0.4 is 5.73 Å². The highest BCUT2D eigenvalue weighted by Gasteiger charge is 1.99. The Morgan fingerprint density at radius 3 is 2.60 bits per heavy atom. The summed E-state index contributed by atoms with van der Waals surface area (Å²) >= 11 is 5.72. The molecular weight excluding hydrogens is 148 g/mol. The van der Waals surface area contributed by atoms with Gasteiger partial charge in [-0.05, 0) is 25.5 Å². The molecule has 0 fully saturated rings. The van der Waals surface area contributed by atoms with Gasteiger partial charge in [-0.15, -0.1) is 0 Å². The van der Waals surface area contributed by atoms with Gasteiger partial charge in [-0.3, -0.25) is 0 Å². The fourth-order valence-corrected chi connectivity index (χ4v) is 0.879. The summed E-state index contributed by atoms with van der Waals surface area (Å²) in [5.41, 5.74) is 7.97. The summed E-state index contributed by atoms with van der Waals surface area (Å²) in [6, 6.07) is 1.82. The van der Waals surface area contributed by atoms with Crippen LogP contribution >= 0.6 is 11.6 Å². The maximum atomic E-state index is 5.72. The third-order valence-electron chi connectivity index (χ3n) is 1.38. The SMILES string of the molecule is Cc1cc(N)c(C)nc1Cl. The summed E-state index contributed by atoms with van der Waals surface area (Å²) in [6.07, 6.45) is 0. The van der Waals surface area contributed by atoms with Crippen LogP contribution in [-0.2, 0) is 0 Å². The number of pyridine rings is 1. The number of nitrogens with two attached hydrogens (primary N) is 1. The average molecular weight is 157 g/mol. The molecule has 1 aromatic rings. The molecule has 0 aliphatic carbocycles. The Kier molecular flexibility index (Phi) is 1.81. The van der Waals surface area contributed by atoms with Gasteiger partial charge in [0.05, 0.1) is 11.4 Å². The Balaban J connectivity index is 3.28. The summed E-state index contributed by atoms with van der Waals surface area (Å²) in [5, 5.41) is 0.534. The smallest absolute Gasteiger partial charge is 0.132 e. The third-order valence-corrected chi connectivity index (χ3v) is 1.76. The highest BCUT2D eigenvalue weighted by molar-refractivity contribution is 6.30. The van der Waals surface area contributed by atoms with Crippen molar-refractivity contribution in [1.29, 1.82) is 0 Å². The molecule has 0 spiro atoms. The molecule has 0 saturated heterocycles. The lowest BCUT2D eigenvalue weighted by Gasteiger charge is -2.01. The Morgan fingerprint density at radius 2 is 2.10 bits per heavy atom. The zero-order chi connectivity index (χ0) is 7.72. The molecule has 10 heavy (non-hydrogen) atoms. The molecule has 2 nitrogen and oxygen atoms in total. The first-order valence-electron chi connectivity index (χ1n) is 3.00. The molecule has 1 aromatic heterocycles. The van der Waals surface area contributed by atoms with Crippen LogP contribution in [0.5, 0.6) is 0 Å². The molecule has 2 N–H and O–H groups in total. The van der Waals surface area contributed by atoms with Crippen LogP contribution in [-0.4, -0.2) is 4.98 Å². The number of anilines is 1. The van der Waals surface area contributed by atoms with Crippen molar-refractivity contribution in [3.05, 3.63) is 22.5 Å². The molecule has 0 unspecified atom stereocenters. The lowest BCUT2D eigenvalue weighted by molar-refractivity contribution is 1.18. The van der Waals surface area contributed by atoms with E-state index in [0.29, 0.717) is 10.8 Å². The largest absolute Gasteiger partial charge is 0.397 e. The summed E-state index contributed by atoms with van der Waals surface area (Å²) < 4.78 is 0. The molecule has 1 rings (SSSR count). The minimum atomic E-state index is 0.534. The molecule has 0 radical (unpaired) electrons. The van der Waals surface area contributed by atoms with E-state index in [1.165, 1.54) is 0 Å². The fraction of sp³-hybridized carbons (Fsp3) is 0.286. The van der Waals surface area contributed by atoms with Gasteiger partial charge in [0.25, 0.3) is 0 Å². The van der Waals surface area contributed by atoms with Crippen LogP contribution in [0, 0.1) is 13.8 Å². The van der Waals surface area contributed by atoms with Crippen LogP contribution in [0.3, 0.4) is 0 Å². The zero-order valence-electron chi connectivity index (χ0n) is 5.98. The molecule has 54 valence electrons. The van der Waals surface area contributed by atoms with Crippen molar-refractivity contribution in [3.63, 3.8) is 0 Å². The fourth-order valence-electron chi connectivity index (χ4n) is 0.697. The van der Waals surface area contributed by atoms with Crippen molar-refractivity contribution in [3.8, 4) is 0 Å². The molecule has 0 saturated carbocycles. The summed E-state index contributed by atoms with van der Waals surface area (Å²) in [5.74, 6) is 0. The van der Waals surface area contributed by atoms with Gasteiger partial charge < -0.3 is 5.73 Å². The van der Waals surface area contributed by atoms with Crippen molar-refractivity contribution in [2.24, 2.45) is 0 Å². The van der Waals surface area contributed by atoms with Gasteiger partial charge in [0, 0.05) is 0 Å². The van der Waals surface area contributed by atoms with E-state index in [4.69, 9.17) is 17.3 Å². The van der Waals surface area contributed by atoms with Gasteiger partial charge in [-0.2, -0.15) is 0 Å². The Bertz CT molecular complexity index is 208. The van der Waals surface area contributed by atoms with E-state index in [0.717, 1.165) is 11.3 Å². The average Bonchev–Trinajstić information content (AvgIpc) is 1.84. The van der Waals surface area contributed by atoms with Crippen LogP contribution in [0.2, 0.25) is 5.15 Å². The summed E-state index contributed by atoms with van der Waals surface area (Å²) in [6.45, 7) is 3.71. The van der Waals surface area contributed by atoms with Crippen LogP contribution in [0.15, 0.2) is 6.07 Å². The van der Waals surface area contributed by atoms with Crippen molar-refractivity contribution in [2.75, 3.05) is 5.73 Å². The van der Waals surface area contributed by atoms with Gasteiger partial charge in [-0.1, -0.05) is 11.6 Å². The van der Waals surface area contributed by atoms with Gasteiger partial charge in [0.15, 0.2) is 0 Å². The molecule has 0 bridgehead atoms. The maximum absolute atomic E-state index is 5.72. The highest BCUT2D eigenvalue weighted by Crippen LogP contribution is 2.17. The molecular formula is C7H9ClN2. The minimum absolute atomic E-state index is 0.534. The van der Waals surface area contributed by atoms with Crippen molar-refractivity contribution >= 4 is 17.3 Å². The second-order valence-electron chi connectivity index (χ2n) is 2.27. The number of nitrogen functional groups attached to an aromatic ring is 1. The minimum Gasteiger partial charge on any atom is -0.397 e. The summed E-state index contributed by atoms with van der Waals surface area (Å²) in [4.78, 5) is 4.01. The van der Waals surface area contributed by atoms with E-state index < -0.39 is 0 Å². The van der Waals surface area contributed by atoms with E-state index in [1.54, 1.807) is 0 Å². The number of halogens is 1. The monoisotopic (exact) mass is 156 g/mol. The van der Waals surface area contributed by atoms with E-state index >= 15 is 0 Å². The lowest BCUT2D eigenvalue weighted by atomic mass is 10.2. The Morgan fingerprint density at radius 1 is 1.50 bits per heavy atom. The normalized spacial score (nSPS) is 9.90. The van der Waals surface area contributed by atoms with Gasteiger partial charge in [-0.25, -0.2) is 4.98 Å². The quantitative estimate of drug-likeness (QED) is 0.583. The molecule has 0 atom stereocenters. The topological polar surface area (TPSA) is 38.9 Å². The van der Waals surface area contributed by atoms with E-state index in [9.17, 15) is 0 Å². The van der Waals surface area contributed by atoms with E-state index in [1.807, 2.05) is 19.9 Å². The Hall–Kier alpha value is -0.760. The standard InChI is InChI=1S/C7H9ClN2/c1-4-3-6(9)5(2)10-7(4)8/h3H,9H2,1-2H3. The van der Waals surface area contributed by atoms with Crippen molar-refractivity contribution in [1.82, 2.24) is 4.98 Å². The predicted molar refractivity (Wildman–Crippen MR) is 43.1 cm³/mol. The van der Waals surface area contributed by atoms with E-state index in [-0.39, 0.29) is 0 Å². The molecule has 1 heterocycles. The van der Waals surface area contributed by atoms with Crippen molar-refractivity contribution < 1.29 is 0 Å². The van der Waals surface area contributed by atoms with E-state index in [2.05, 4.69) is 4.98 Å². The van der Waals surface area contributed by atoms with Gasteiger partial charge >= 0.3 is 0 Å². The van der Waals surface area contributed by atoms with Crippen LogP contribution in [0.1, 0.15) is 11.3 Å². The predicted octanol–water partition coefficient (Wildman–Crippen LogP) is 1.93. The first kappa shape index (κ1) is 7.35. The van der Waals surface area contributed by atoms with Gasteiger partial charge in [0.1, 0.15) is 5.15 Å². The first-order valence-corrected chi connectivity index (χ1v) is 3.38. The number of nitrogens with zero attached hydrogens (tertiary/aromatic N) is 1. The second-order valence-corrected chi connectivity index (χ2v) is 2.63. The molecule has 0 amide bonds. The van der Waals surface area contributed by atoms with Crippen LogP contribution in [0.4, 0.5) is 5.69 Å². The number of hydrogen-bond acceptors (Lipinski definition) is 2. The molecule has 0 aliphatic heterocycles. The maximum Gasteiger partial charge on any atom is 0.132 e.